The van der Waals surface area contributed by atoms with Crippen LogP contribution < -0.4 is 4.57 Å². The van der Waals surface area contributed by atoms with Crippen molar-refractivity contribution in [2.75, 3.05) is 0 Å². The maximum absolute atomic E-state index is 8.19. The minimum atomic E-state index is -2.09. The first-order chi connectivity index (χ1) is 10.00. The second kappa shape index (κ2) is 4.93. The lowest BCUT2D eigenvalue weighted by Gasteiger charge is -2.09. The van der Waals surface area contributed by atoms with Crippen LogP contribution in [0, 0.1) is 13.8 Å². The van der Waals surface area contributed by atoms with Gasteiger partial charge in [-0.05, 0) is 36.9 Å². The third-order valence-electron chi connectivity index (χ3n) is 3.23. The molecule has 2 rings (SSSR count). The summed E-state index contributed by atoms with van der Waals surface area (Å²) in [4.78, 5) is 0. The van der Waals surface area contributed by atoms with E-state index < -0.39 is 12.7 Å². The second-order valence-electron chi connectivity index (χ2n) is 4.94. The van der Waals surface area contributed by atoms with Gasteiger partial charge in [-0.15, -0.1) is 0 Å². The third-order valence-corrected chi connectivity index (χ3v) is 3.23. The second-order valence-corrected chi connectivity index (χ2v) is 4.94. The monoisotopic (exact) mass is 244 g/mol. The number of hydrogen-bond donors (Lipinski definition) is 0. The summed E-state index contributed by atoms with van der Waals surface area (Å²) in [7, 11) is 1.95. The Balaban J connectivity index is 2.57. The van der Waals surface area contributed by atoms with Crippen molar-refractivity contribution in [1.82, 2.24) is 0 Å². The standard InChI is InChI=1S/C17H22N/c1-12(2)15-8-9-18(5)17(11-15)16-7-6-13(3)10-14(16)4/h6-12H,1-5H3/q+1/i3D3,12D. The summed E-state index contributed by atoms with van der Waals surface area (Å²) in [6.45, 7) is 3.55. The minimum absolute atomic E-state index is 0.355. The Kier molecular flexibility index (Phi) is 2.32. The van der Waals surface area contributed by atoms with E-state index >= 15 is 0 Å². The molecule has 0 spiro atoms. The van der Waals surface area contributed by atoms with Gasteiger partial charge in [-0.2, -0.15) is 0 Å². The zero-order valence-corrected chi connectivity index (χ0v) is 11.4. The number of aryl methyl sites for hydroxylation is 3. The molecule has 1 nitrogen and oxygen atoms in total. The molecule has 0 aliphatic carbocycles. The molecule has 0 N–H and O–H groups in total. The minimum Gasteiger partial charge on any atom is -0.201 e. The molecule has 2 aromatic rings. The van der Waals surface area contributed by atoms with E-state index in [0.29, 0.717) is 5.56 Å². The van der Waals surface area contributed by atoms with Crippen molar-refractivity contribution in [3.63, 3.8) is 0 Å². The maximum Gasteiger partial charge on any atom is 0.212 e. The van der Waals surface area contributed by atoms with Crippen molar-refractivity contribution < 1.29 is 10.1 Å². The Morgan fingerprint density at radius 2 is 2.00 bits per heavy atom. The lowest BCUT2D eigenvalue weighted by molar-refractivity contribution is -0.660. The van der Waals surface area contributed by atoms with Gasteiger partial charge >= 0.3 is 0 Å². The number of benzene rings is 1. The van der Waals surface area contributed by atoms with Crippen LogP contribution in [0.1, 0.15) is 41.9 Å². The van der Waals surface area contributed by atoms with Gasteiger partial charge in [0.05, 0.1) is 0 Å². The molecule has 0 aliphatic rings. The van der Waals surface area contributed by atoms with Crippen LogP contribution in [0.4, 0.5) is 0 Å². The van der Waals surface area contributed by atoms with E-state index in [0.717, 1.165) is 22.4 Å². The quantitative estimate of drug-likeness (QED) is 0.705. The maximum atomic E-state index is 8.19. The number of nitrogens with zero attached hydrogens (tertiary/aromatic N) is 1. The van der Waals surface area contributed by atoms with Crippen molar-refractivity contribution in [2.24, 2.45) is 7.05 Å². The topological polar surface area (TPSA) is 3.88 Å². The molecule has 0 amide bonds. The van der Waals surface area contributed by atoms with Crippen LogP contribution in [0.2, 0.25) is 0 Å². The van der Waals surface area contributed by atoms with E-state index in [1.807, 2.05) is 56.8 Å². The number of hydrogen-bond acceptors (Lipinski definition) is 0. The molecule has 0 fully saturated rings. The van der Waals surface area contributed by atoms with E-state index in [1.165, 1.54) is 0 Å². The van der Waals surface area contributed by atoms with E-state index in [9.17, 15) is 0 Å². The van der Waals surface area contributed by atoms with Crippen LogP contribution in [-0.2, 0) is 7.05 Å². The molecule has 0 radical (unpaired) electrons. The number of aromatic nitrogens is 1. The molecule has 1 heterocycles. The molecular formula is C17H22N+. The molecule has 0 unspecified atom stereocenters. The summed E-state index contributed by atoms with van der Waals surface area (Å²) in [5.74, 6) is -0.671. The highest BCUT2D eigenvalue weighted by molar-refractivity contribution is 5.62. The van der Waals surface area contributed by atoms with Gasteiger partial charge in [-0.3, -0.25) is 0 Å². The predicted octanol–water partition coefficient (Wildman–Crippen LogP) is 3.92. The Bertz CT molecular complexity index is 697. The Hall–Kier alpha value is -1.63. The van der Waals surface area contributed by atoms with E-state index in [-0.39, 0.29) is 0 Å². The third kappa shape index (κ3) is 2.45. The fourth-order valence-electron chi connectivity index (χ4n) is 2.10. The van der Waals surface area contributed by atoms with Crippen LogP contribution >= 0.6 is 0 Å². The first kappa shape index (κ1) is 8.47. The Morgan fingerprint density at radius 3 is 2.61 bits per heavy atom. The first-order valence-corrected chi connectivity index (χ1v) is 6.12. The average molecular weight is 244 g/mol. The smallest absolute Gasteiger partial charge is 0.201 e. The molecule has 18 heavy (non-hydrogen) atoms. The van der Waals surface area contributed by atoms with Gasteiger partial charge in [0, 0.05) is 23.2 Å². The first-order valence-electron chi connectivity index (χ1n) is 8.12. The summed E-state index contributed by atoms with van der Waals surface area (Å²) in [6.07, 6.45) is 1.94. The van der Waals surface area contributed by atoms with E-state index in [2.05, 4.69) is 0 Å². The van der Waals surface area contributed by atoms with E-state index in [1.54, 1.807) is 12.1 Å². The molecule has 1 aromatic carbocycles. The average Bonchev–Trinajstić information content (AvgIpc) is 2.37. The molecule has 0 atom stereocenters. The van der Waals surface area contributed by atoms with Crippen LogP contribution in [-0.4, -0.2) is 0 Å². The SMILES string of the molecule is [2H]C([2H])([2H])c1ccc(-c2cc(C([2H])(C)C)cc[n+]2C)c(C)c1. The molecule has 1 aromatic heterocycles. The van der Waals surface area contributed by atoms with Crippen molar-refractivity contribution in [3.05, 3.63) is 53.2 Å². The number of pyridine rings is 1. The molecule has 0 aliphatic heterocycles. The number of rotatable bonds is 2. The fraction of sp³-hybridized carbons (Fsp3) is 0.353. The summed E-state index contributed by atoms with van der Waals surface area (Å²) in [5, 5.41) is 0. The van der Waals surface area contributed by atoms with E-state index in [4.69, 9.17) is 5.48 Å². The van der Waals surface area contributed by atoms with Crippen LogP contribution in [0.15, 0.2) is 36.5 Å². The Labute approximate surface area is 116 Å². The zero-order chi connectivity index (χ0) is 16.7. The Morgan fingerprint density at radius 1 is 1.22 bits per heavy atom. The summed E-state index contributed by atoms with van der Waals surface area (Å²) in [6, 6.07) is 9.19. The van der Waals surface area contributed by atoms with Crippen molar-refractivity contribution in [2.45, 2.75) is 33.5 Å². The molecule has 1 heteroatoms. The van der Waals surface area contributed by atoms with Crippen LogP contribution in [0.3, 0.4) is 0 Å². The summed E-state index contributed by atoms with van der Waals surface area (Å²) >= 11 is 0. The highest BCUT2D eigenvalue weighted by atomic mass is 14.9. The lowest BCUT2D eigenvalue weighted by atomic mass is 9.98. The van der Waals surface area contributed by atoms with Crippen LogP contribution in [0.5, 0.6) is 0 Å². The lowest BCUT2D eigenvalue weighted by Crippen LogP contribution is -2.30. The molecule has 0 bridgehead atoms. The van der Waals surface area contributed by atoms with Gasteiger partial charge in [0.2, 0.25) is 5.69 Å². The molecule has 94 valence electrons. The predicted molar refractivity (Wildman–Crippen MR) is 76.6 cm³/mol. The largest absolute Gasteiger partial charge is 0.212 e. The van der Waals surface area contributed by atoms with Crippen molar-refractivity contribution in [1.29, 1.82) is 0 Å². The molecule has 0 saturated carbocycles. The van der Waals surface area contributed by atoms with Gasteiger partial charge in [0.1, 0.15) is 7.05 Å². The zero-order valence-electron chi connectivity index (χ0n) is 15.4. The normalized spacial score (nSPS) is 15.6. The highest BCUT2D eigenvalue weighted by Crippen LogP contribution is 2.24. The highest BCUT2D eigenvalue weighted by Gasteiger charge is 2.14. The van der Waals surface area contributed by atoms with Gasteiger partial charge in [-0.1, -0.05) is 31.5 Å². The van der Waals surface area contributed by atoms with Crippen molar-refractivity contribution >= 4 is 0 Å². The molecular weight excluding hydrogens is 218 g/mol. The van der Waals surface area contributed by atoms with Crippen LogP contribution in [0.25, 0.3) is 11.3 Å². The van der Waals surface area contributed by atoms with Gasteiger partial charge in [-0.25, -0.2) is 4.57 Å². The van der Waals surface area contributed by atoms with Gasteiger partial charge in [0.25, 0.3) is 0 Å². The summed E-state index contributed by atoms with van der Waals surface area (Å²) in [5.41, 5.74) is 4.17. The summed E-state index contributed by atoms with van der Waals surface area (Å²) < 4.78 is 32.7. The van der Waals surface area contributed by atoms with Crippen molar-refractivity contribution in [3.8, 4) is 11.3 Å². The van der Waals surface area contributed by atoms with Gasteiger partial charge in [0.15, 0.2) is 6.20 Å². The fourth-order valence-corrected chi connectivity index (χ4v) is 2.10. The van der Waals surface area contributed by atoms with Gasteiger partial charge < -0.3 is 0 Å². The molecule has 0 saturated heterocycles.